The molecule has 1 fully saturated rings. The van der Waals surface area contributed by atoms with E-state index in [1.165, 1.54) is 5.56 Å². The molecule has 1 saturated heterocycles. The third-order valence-electron chi connectivity index (χ3n) is 2.93. The van der Waals surface area contributed by atoms with Crippen LogP contribution in [-0.4, -0.2) is 24.7 Å². The standard InChI is InChI=1S/C12H15IN2O2/c1-8-2-3-9(6-10(8)13)15-11(16)12(14)4-5-17-7-12/h2-3,6H,4-5,7,14H2,1H3,(H,15,16). The summed E-state index contributed by atoms with van der Waals surface area (Å²) in [5.41, 5.74) is 7.07. The average molecular weight is 346 g/mol. The van der Waals surface area contributed by atoms with Gasteiger partial charge in [-0.2, -0.15) is 0 Å². The summed E-state index contributed by atoms with van der Waals surface area (Å²) < 4.78 is 6.29. The number of nitrogens with one attached hydrogen (secondary N) is 1. The van der Waals surface area contributed by atoms with Crippen LogP contribution < -0.4 is 11.1 Å². The van der Waals surface area contributed by atoms with Gasteiger partial charge in [-0.3, -0.25) is 4.79 Å². The Morgan fingerprint density at radius 2 is 2.35 bits per heavy atom. The highest BCUT2D eigenvalue weighted by molar-refractivity contribution is 14.1. The Hall–Kier alpha value is -0.660. The van der Waals surface area contributed by atoms with Gasteiger partial charge in [-0.25, -0.2) is 0 Å². The third kappa shape index (κ3) is 2.78. The maximum atomic E-state index is 12.0. The molecule has 0 radical (unpaired) electrons. The second-order valence-corrected chi connectivity index (χ2v) is 5.54. The van der Waals surface area contributed by atoms with Crippen LogP contribution in [0, 0.1) is 10.5 Å². The normalized spacial score (nSPS) is 23.7. The lowest BCUT2D eigenvalue weighted by atomic mass is 9.99. The molecule has 5 heteroatoms. The molecule has 0 bridgehead atoms. The maximum absolute atomic E-state index is 12.0. The van der Waals surface area contributed by atoms with Crippen molar-refractivity contribution in [1.82, 2.24) is 0 Å². The number of benzene rings is 1. The van der Waals surface area contributed by atoms with Gasteiger partial charge in [-0.15, -0.1) is 0 Å². The van der Waals surface area contributed by atoms with Gasteiger partial charge < -0.3 is 15.8 Å². The zero-order valence-electron chi connectivity index (χ0n) is 9.63. The lowest BCUT2D eigenvalue weighted by Crippen LogP contribution is -2.51. The topological polar surface area (TPSA) is 64.4 Å². The average Bonchev–Trinajstić information content (AvgIpc) is 2.72. The number of anilines is 1. The molecule has 0 saturated carbocycles. The zero-order chi connectivity index (χ0) is 12.5. The molecule has 0 aliphatic carbocycles. The highest BCUT2D eigenvalue weighted by Crippen LogP contribution is 2.21. The fraction of sp³-hybridized carbons (Fsp3) is 0.417. The summed E-state index contributed by atoms with van der Waals surface area (Å²) >= 11 is 2.24. The Morgan fingerprint density at radius 3 is 2.94 bits per heavy atom. The number of ether oxygens (including phenoxy) is 1. The van der Waals surface area contributed by atoms with Gasteiger partial charge in [-0.1, -0.05) is 6.07 Å². The molecule has 92 valence electrons. The van der Waals surface area contributed by atoms with E-state index in [1.807, 2.05) is 25.1 Å². The summed E-state index contributed by atoms with van der Waals surface area (Å²) in [6, 6.07) is 5.80. The molecule has 1 atom stereocenters. The first-order valence-corrected chi connectivity index (χ1v) is 6.53. The molecule has 1 aliphatic rings. The van der Waals surface area contributed by atoms with Gasteiger partial charge in [0.15, 0.2) is 0 Å². The Labute approximate surface area is 114 Å². The van der Waals surface area contributed by atoms with Crippen LogP contribution in [0.5, 0.6) is 0 Å². The highest BCUT2D eigenvalue weighted by Gasteiger charge is 2.38. The van der Waals surface area contributed by atoms with Crippen molar-refractivity contribution in [1.29, 1.82) is 0 Å². The van der Waals surface area contributed by atoms with Crippen molar-refractivity contribution in [2.45, 2.75) is 18.9 Å². The van der Waals surface area contributed by atoms with Crippen LogP contribution in [0.4, 0.5) is 5.69 Å². The van der Waals surface area contributed by atoms with Gasteiger partial charge in [-0.05, 0) is 53.6 Å². The van der Waals surface area contributed by atoms with E-state index in [-0.39, 0.29) is 5.91 Å². The molecule has 4 nitrogen and oxygen atoms in total. The number of amides is 1. The van der Waals surface area contributed by atoms with Crippen molar-refractivity contribution in [3.63, 3.8) is 0 Å². The number of aryl methyl sites for hydroxylation is 1. The fourth-order valence-electron chi connectivity index (χ4n) is 1.69. The smallest absolute Gasteiger partial charge is 0.246 e. The van der Waals surface area contributed by atoms with Crippen molar-refractivity contribution in [2.75, 3.05) is 18.5 Å². The molecular formula is C12H15IN2O2. The van der Waals surface area contributed by atoms with Crippen molar-refractivity contribution < 1.29 is 9.53 Å². The van der Waals surface area contributed by atoms with Crippen LogP contribution in [-0.2, 0) is 9.53 Å². The minimum atomic E-state index is -0.879. The van der Waals surface area contributed by atoms with Crippen LogP contribution in [0.2, 0.25) is 0 Å². The number of nitrogens with two attached hydrogens (primary N) is 1. The van der Waals surface area contributed by atoms with E-state index in [4.69, 9.17) is 10.5 Å². The fourth-order valence-corrected chi connectivity index (χ4v) is 2.20. The second kappa shape index (κ2) is 4.91. The summed E-state index contributed by atoms with van der Waals surface area (Å²) in [6.45, 7) is 2.87. The minimum absolute atomic E-state index is 0.172. The van der Waals surface area contributed by atoms with E-state index in [2.05, 4.69) is 27.9 Å². The van der Waals surface area contributed by atoms with Gasteiger partial charge in [0.25, 0.3) is 0 Å². The zero-order valence-corrected chi connectivity index (χ0v) is 11.8. The van der Waals surface area contributed by atoms with Gasteiger partial charge >= 0.3 is 0 Å². The van der Waals surface area contributed by atoms with E-state index in [0.29, 0.717) is 19.6 Å². The summed E-state index contributed by atoms with van der Waals surface area (Å²) in [5.74, 6) is -0.172. The van der Waals surface area contributed by atoms with Crippen LogP contribution in [0.25, 0.3) is 0 Å². The molecule has 3 N–H and O–H groups in total. The largest absolute Gasteiger partial charge is 0.379 e. The monoisotopic (exact) mass is 346 g/mol. The lowest BCUT2D eigenvalue weighted by Gasteiger charge is -2.20. The minimum Gasteiger partial charge on any atom is -0.379 e. The van der Waals surface area contributed by atoms with Crippen LogP contribution in [0.15, 0.2) is 18.2 Å². The Kier molecular flexibility index (Phi) is 3.70. The van der Waals surface area contributed by atoms with Gasteiger partial charge in [0, 0.05) is 15.9 Å². The van der Waals surface area contributed by atoms with Crippen LogP contribution >= 0.6 is 22.6 Å². The van der Waals surface area contributed by atoms with Gasteiger partial charge in [0.05, 0.1) is 6.61 Å². The van der Waals surface area contributed by atoms with E-state index in [0.717, 1.165) is 9.26 Å². The predicted octanol–water partition coefficient (Wildman–Crippen LogP) is 1.66. The Morgan fingerprint density at radius 1 is 1.59 bits per heavy atom. The number of hydrogen-bond donors (Lipinski definition) is 2. The molecule has 1 heterocycles. The molecule has 0 spiro atoms. The first-order valence-electron chi connectivity index (χ1n) is 5.45. The quantitative estimate of drug-likeness (QED) is 0.801. The molecular weight excluding hydrogens is 331 g/mol. The van der Waals surface area contributed by atoms with E-state index < -0.39 is 5.54 Å². The Balaban J connectivity index is 2.10. The maximum Gasteiger partial charge on any atom is 0.246 e. The predicted molar refractivity (Wildman–Crippen MR) is 74.9 cm³/mol. The van der Waals surface area contributed by atoms with E-state index in [9.17, 15) is 4.79 Å². The summed E-state index contributed by atoms with van der Waals surface area (Å²) in [4.78, 5) is 12.0. The number of hydrogen-bond acceptors (Lipinski definition) is 3. The molecule has 2 rings (SSSR count). The van der Waals surface area contributed by atoms with Crippen molar-refractivity contribution in [3.05, 3.63) is 27.3 Å². The first kappa shape index (κ1) is 12.8. The molecule has 17 heavy (non-hydrogen) atoms. The summed E-state index contributed by atoms with van der Waals surface area (Å²) in [7, 11) is 0. The molecule has 0 aromatic heterocycles. The van der Waals surface area contributed by atoms with Crippen LogP contribution in [0.3, 0.4) is 0 Å². The summed E-state index contributed by atoms with van der Waals surface area (Å²) in [6.07, 6.45) is 0.571. The van der Waals surface area contributed by atoms with E-state index >= 15 is 0 Å². The van der Waals surface area contributed by atoms with Crippen LogP contribution in [0.1, 0.15) is 12.0 Å². The SMILES string of the molecule is Cc1ccc(NC(=O)C2(N)CCOC2)cc1I. The Bertz CT molecular complexity index is 442. The van der Waals surface area contributed by atoms with Crippen molar-refractivity contribution in [3.8, 4) is 0 Å². The molecule has 1 unspecified atom stereocenters. The highest BCUT2D eigenvalue weighted by atomic mass is 127. The second-order valence-electron chi connectivity index (χ2n) is 4.38. The van der Waals surface area contributed by atoms with Gasteiger partial charge in [0.1, 0.15) is 5.54 Å². The lowest BCUT2D eigenvalue weighted by molar-refractivity contribution is -0.121. The number of rotatable bonds is 2. The van der Waals surface area contributed by atoms with E-state index in [1.54, 1.807) is 0 Å². The van der Waals surface area contributed by atoms with Gasteiger partial charge in [0.2, 0.25) is 5.91 Å². The van der Waals surface area contributed by atoms with Crippen molar-refractivity contribution in [2.24, 2.45) is 5.73 Å². The number of carbonyl (C=O) groups excluding carboxylic acids is 1. The number of halogens is 1. The summed E-state index contributed by atoms with van der Waals surface area (Å²) in [5, 5.41) is 2.84. The first-order chi connectivity index (χ1) is 8.01. The molecule has 1 amide bonds. The number of carbonyl (C=O) groups is 1. The molecule has 1 aromatic carbocycles. The molecule has 1 aliphatic heterocycles. The third-order valence-corrected chi connectivity index (χ3v) is 4.10. The molecule has 1 aromatic rings. The van der Waals surface area contributed by atoms with Crippen molar-refractivity contribution >= 4 is 34.2 Å².